The molecule has 4 heteroatoms. The van der Waals surface area contributed by atoms with E-state index in [2.05, 4.69) is 19.2 Å². The summed E-state index contributed by atoms with van der Waals surface area (Å²) in [5.41, 5.74) is 0.821. The molecule has 0 saturated heterocycles. The minimum Gasteiger partial charge on any atom is -0.310 e. The van der Waals surface area contributed by atoms with Crippen LogP contribution in [0.2, 0.25) is 5.02 Å². The topological polar surface area (TPSA) is 12.0 Å². The van der Waals surface area contributed by atoms with Crippen LogP contribution in [0, 0.1) is 5.82 Å². The Hall–Kier alpha value is -0.250. The third-order valence-electron chi connectivity index (χ3n) is 2.57. The summed E-state index contributed by atoms with van der Waals surface area (Å²) >= 11 is 7.82. The van der Waals surface area contributed by atoms with E-state index in [9.17, 15) is 4.39 Å². The lowest BCUT2D eigenvalue weighted by Crippen LogP contribution is -2.26. The van der Waals surface area contributed by atoms with Gasteiger partial charge in [-0.15, -0.1) is 0 Å². The predicted molar refractivity (Wildman–Crippen MR) is 75.3 cm³/mol. The third kappa shape index (κ3) is 5.28. The molecular weight excluding hydrogens is 257 g/mol. The van der Waals surface area contributed by atoms with Crippen LogP contribution >= 0.6 is 23.4 Å². The van der Waals surface area contributed by atoms with Gasteiger partial charge in [0.1, 0.15) is 5.82 Å². The highest BCUT2D eigenvalue weighted by Gasteiger charge is 2.07. The van der Waals surface area contributed by atoms with E-state index in [1.165, 1.54) is 6.07 Å². The lowest BCUT2D eigenvalue weighted by molar-refractivity contribution is 0.535. The molecule has 1 atom stereocenters. The Bertz CT molecular complexity index is 346. The van der Waals surface area contributed by atoms with Crippen LogP contribution in [-0.2, 0) is 6.54 Å². The average molecular weight is 276 g/mol. The predicted octanol–water partition coefficient (Wildman–Crippen LogP) is 4.10. The van der Waals surface area contributed by atoms with Gasteiger partial charge in [-0.05, 0) is 36.5 Å². The summed E-state index contributed by atoms with van der Waals surface area (Å²) in [4.78, 5) is 0. The molecule has 17 heavy (non-hydrogen) atoms. The van der Waals surface area contributed by atoms with Crippen molar-refractivity contribution in [2.24, 2.45) is 0 Å². The summed E-state index contributed by atoms with van der Waals surface area (Å²) in [6.45, 7) is 4.92. The van der Waals surface area contributed by atoms with Gasteiger partial charge in [0, 0.05) is 12.6 Å². The first-order chi connectivity index (χ1) is 8.15. The van der Waals surface area contributed by atoms with E-state index in [4.69, 9.17) is 11.6 Å². The van der Waals surface area contributed by atoms with Crippen molar-refractivity contribution < 1.29 is 4.39 Å². The first-order valence-electron chi connectivity index (χ1n) is 5.89. The Balaban J connectivity index is 2.37. The molecule has 0 amide bonds. The zero-order chi connectivity index (χ0) is 12.7. The second kappa shape index (κ2) is 7.96. The zero-order valence-corrected chi connectivity index (χ0v) is 11.9. The molecule has 1 aromatic carbocycles. The largest absolute Gasteiger partial charge is 0.310 e. The molecule has 0 heterocycles. The summed E-state index contributed by atoms with van der Waals surface area (Å²) in [6, 6.07) is 5.35. The molecule has 1 aromatic rings. The maximum atomic E-state index is 13.2. The summed E-state index contributed by atoms with van der Waals surface area (Å²) < 4.78 is 13.2. The number of nitrogens with one attached hydrogen (secondary N) is 1. The van der Waals surface area contributed by atoms with Crippen molar-refractivity contribution in [2.45, 2.75) is 32.9 Å². The molecule has 0 fully saturated rings. The van der Waals surface area contributed by atoms with Gasteiger partial charge in [0.25, 0.3) is 0 Å². The fourth-order valence-corrected chi connectivity index (χ4v) is 2.48. The van der Waals surface area contributed by atoms with Crippen molar-refractivity contribution in [3.8, 4) is 0 Å². The quantitative estimate of drug-likeness (QED) is 0.752. The van der Waals surface area contributed by atoms with Crippen molar-refractivity contribution >= 4 is 23.4 Å². The normalized spacial score (nSPS) is 12.7. The maximum absolute atomic E-state index is 13.2. The van der Waals surface area contributed by atoms with E-state index >= 15 is 0 Å². The number of benzene rings is 1. The fourth-order valence-electron chi connectivity index (χ4n) is 1.48. The van der Waals surface area contributed by atoms with Crippen molar-refractivity contribution in [2.75, 3.05) is 11.5 Å². The molecule has 0 aliphatic heterocycles. The standard InChI is InChI=1S/C13H19ClFNS/c1-3-17-8-7-10(2)16-9-11-5-4-6-12(15)13(11)14/h4-6,10,16H,3,7-9H2,1-2H3. The molecule has 0 saturated carbocycles. The second-order valence-electron chi connectivity index (χ2n) is 3.98. The van der Waals surface area contributed by atoms with Gasteiger partial charge >= 0.3 is 0 Å². The Labute approximate surface area is 112 Å². The first-order valence-corrected chi connectivity index (χ1v) is 7.42. The van der Waals surface area contributed by atoms with E-state index in [0.717, 1.165) is 23.5 Å². The smallest absolute Gasteiger partial charge is 0.142 e. The minimum absolute atomic E-state index is 0.232. The molecule has 0 bridgehead atoms. The molecular formula is C13H19ClFNS. The van der Waals surface area contributed by atoms with Crippen molar-refractivity contribution in [3.05, 3.63) is 34.6 Å². The summed E-state index contributed by atoms with van der Waals surface area (Å²) in [5, 5.41) is 3.59. The van der Waals surface area contributed by atoms with Gasteiger partial charge in [0.2, 0.25) is 0 Å². The maximum Gasteiger partial charge on any atom is 0.142 e. The zero-order valence-electron chi connectivity index (χ0n) is 10.3. The third-order valence-corrected chi connectivity index (χ3v) is 3.93. The van der Waals surface area contributed by atoms with Gasteiger partial charge < -0.3 is 5.32 Å². The van der Waals surface area contributed by atoms with Crippen LogP contribution in [0.15, 0.2) is 18.2 Å². The number of rotatable bonds is 7. The van der Waals surface area contributed by atoms with Gasteiger partial charge in [-0.25, -0.2) is 4.39 Å². The lowest BCUT2D eigenvalue weighted by Gasteiger charge is -2.14. The van der Waals surface area contributed by atoms with Gasteiger partial charge in [0.15, 0.2) is 0 Å². The van der Waals surface area contributed by atoms with E-state index in [0.29, 0.717) is 12.6 Å². The van der Waals surface area contributed by atoms with Crippen LogP contribution in [0.4, 0.5) is 4.39 Å². The molecule has 1 rings (SSSR count). The summed E-state index contributed by atoms with van der Waals surface area (Å²) in [6.07, 6.45) is 1.12. The SMILES string of the molecule is CCSCCC(C)NCc1cccc(F)c1Cl. The van der Waals surface area contributed by atoms with E-state index < -0.39 is 0 Å². The molecule has 0 spiro atoms. The second-order valence-corrected chi connectivity index (χ2v) is 5.75. The van der Waals surface area contributed by atoms with Gasteiger partial charge in [-0.1, -0.05) is 30.7 Å². The highest BCUT2D eigenvalue weighted by molar-refractivity contribution is 7.99. The number of halogens is 2. The van der Waals surface area contributed by atoms with Crippen LogP contribution in [0.25, 0.3) is 0 Å². The highest BCUT2D eigenvalue weighted by atomic mass is 35.5. The lowest BCUT2D eigenvalue weighted by atomic mass is 10.2. The van der Waals surface area contributed by atoms with Crippen LogP contribution < -0.4 is 5.32 Å². The molecule has 1 unspecified atom stereocenters. The van der Waals surface area contributed by atoms with Gasteiger partial charge in [-0.2, -0.15) is 11.8 Å². The highest BCUT2D eigenvalue weighted by Crippen LogP contribution is 2.19. The van der Waals surface area contributed by atoms with Crippen LogP contribution in [-0.4, -0.2) is 17.5 Å². The van der Waals surface area contributed by atoms with Crippen LogP contribution in [0.1, 0.15) is 25.8 Å². The Morgan fingerprint density at radius 1 is 1.47 bits per heavy atom. The molecule has 0 aliphatic rings. The van der Waals surface area contributed by atoms with E-state index in [1.807, 2.05) is 17.8 Å². The minimum atomic E-state index is -0.347. The van der Waals surface area contributed by atoms with Crippen molar-refractivity contribution in [1.82, 2.24) is 5.32 Å². The molecule has 0 radical (unpaired) electrons. The number of hydrogen-bond acceptors (Lipinski definition) is 2. The first kappa shape index (κ1) is 14.8. The molecule has 96 valence electrons. The molecule has 0 aromatic heterocycles. The Kier molecular flexibility index (Phi) is 6.93. The summed E-state index contributed by atoms with van der Waals surface area (Å²) in [5.74, 6) is 1.96. The van der Waals surface area contributed by atoms with E-state index in [1.54, 1.807) is 6.07 Å². The summed E-state index contributed by atoms with van der Waals surface area (Å²) in [7, 11) is 0. The van der Waals surface area contributed by atoms with Crippen LogP contribution in [0.5, 0.6) is 0 Å². The Morgan fingerprint density at radius 3 is 2.94 bits per heavy atom. The Morgan fingerprint density at radius 2 is 2.24 bits per heavy atom. The number of hydrogen-bond donors (Lipinski definition) is 1. The molecule has 0 aliphatic carbocycles. The fraction of sp³-hybridized carbons (Fsp3) is 0.538. The molecule has 1 N–H and O–H groups in total. The van der Waals surface area contributed by atoms with Crippen LogP contribution in [0.3, 0.4) is 0 Å². The van der Waals surface area contributed by atoms with Gasteiger partial charge in [-0.3, -0.25) is 0 Å². The monoisotopic (exact) mass is 275 g/mol. The van der Waals surface area contributed by atoms with E-state index in [-0.39, 0.29) is 10.8 Å². The van der Waals surface area contributed by atoms with Gasteiger partial charge in [0.05, 0.1) is 5.02 Å². The average Bonchev–Trinajstić information content (AvgIpc) is 2.31. The van der Waals surface area contributed by atoms with Crippen molar-refractivity contribution in [1.29, 1.82) is 0 Å². The number of thioether (sulfide) groups is 1. The van der Waals surface area contributed by atoms with Crippen molar-refractivity contribution in [3.63, 3.8) is 0 Å². The molecule has 1 nitrogen and oxygen atoms in total.